The van der Waals surface area contributed by atoms with E-state index in [9.17, 15) is 4.79 Å². The molecule has 0 radical (unpaired) electrons. The van der Waals surface area contributed by atoms with E-state index in [1.54, 1.807) is 0 Å². The highest BCUT2D eigenvalue weighted by molar-refractivity contribution is 5.81. The maximum atomic E-state index is 11.1. The second-order valence-corrected chi connectivity index (χ2v) is 2.62. The molecule has 0 aromatic carbocycles. The molecular formula is C7H18N4O. The Morgan fingerprint density at radius 1 is 1.33 bits per heavy atom. The maximum absolute atomic E-state index is 11.1. The van der Waals surface area contributed by atoms with Gasteiger partial charge in [0.05, 0.1) is 6.04 Å². The highest BCUT2D eigenvalue weighted by Crippen LogP contribution is 1.91. The van der Waals surface area contributed by atoms with Crippen molar-refractivity contribution in [3.8, 4) is 0 Å². The van der Waals surface area contributed by atoms with Gasteiger partial charge in [0.25, 0.3) is 0 Å². The maximum Gasteiger partial charge on any atom is 0.236 e. The van der Waals surface area contributed by atoms with E-state index < -0.39 is 6.04 Å². The number of nitrogens with two attached hydrogens (primary N) is 3. The van der Waals surface area contributed by atoms with Crippen LogP contribution in [-0.2, 0) is 4.79 Å². The van der Waals surface area contributed by atoms with Crippen molar-refractivity contribution in [2.75, 3.05) is 19.6 Å². The summed E-state index contributed by atoms with van der Waals surface area (Å²) >= 11 is 0. The first-order valence-corrected chi connectivity index (χ1v) is 4.15. The van der Waals surface area contributed by atoms with Gasteiger partial charge in [-0.2, -0.15) is 0 Å². The van der Waals surface area contributed by atoms with Crippen LogP contribution in [0, 0.1) is 0 Å². The number of amides is 1. The van der Waals surface area contributed by atoms with Gasteiger partial charge in [0.15, 0.2) is 0 Å². The fourth-order valence-corrected chi connectivity index (χ4v) is 0.795. The van der Waals surface area contributed by atoms with E-state index in [0.717, 1.165) is 6.42 Å². The van der Waals surface area contributed by atoms with Gasteiger partial charge in [-0.15, -0.1) is 0 Å². The Morgan fingerprint density at radius 3 is 2.50 bits per heavy atom. The zero-order valence-electron chi connectivity index (χ0n) is 7.25. The first kappa shape index (κ1) is 11.4. The van der Waals surface area contributed by atoms with Crippen LogP contribution in [0.5, 0.6) is 0 Å². The summed E-state index contributed by atoms with van der Waals surface area (Å²) in [5.74, 6) is -0.145. The summed E-state index contributed by atoms with van der Waals surface area (Å²) < 4.78 is 0. The molecule has 0 rings (SSSR count). The fourth-order valence-electron chi connectivity index (χ4n) is 0.795. The van der Waals surface area contributed by atoms with Crippen molar-refractivity contribution in [2.24, 2.45) is 17.2 Å². The van der Waals surface area contributed by atoms with E-state index in [1.165, 1.54) is 0 Å². The number of rotatable bonds is 6. The molecule has 0 aliphatic rings. The lowest BCUT2D eigenvalue weighted by Gasteiger charge is -2.10. The summed E-state index contributed by atoms with van der Waals surface area (Å²) in [7, 11) is 0. The number of nitrogens with one attached hydrogen (secondary N) is 1. The lowest BCUT2D eigenvalue weighted by Crippen LogP contribution is -2.42. The van der Waals surface area contributed by atoms with Crippen molar-refractivity contribution < 1.29 is 4.79 Å². The van der Waals surface area contributed by atoms with Crippen LogP contribution < -0.4 is 22.5 Å². The van der Waals surface area contributed by atoms with Crippen molar-refractivity contribution in [2.45, 2.75) is 18.9 Å². The van der Waals surface area contributed by atoms with Gasteiger partial charge in [0.1, 0.15) is 0 Å². The average molecular weight is 174 g/mol. The molecule has 0 spiro atoms. The molecule has 0 aromatic heterocycles. The fraction of sp³-hybridized carbons (Fsp3) is 0.857. The van der Waals surface area contributed by atoms with Crippen molar-refractivity contribution in [1.29, 1.82) is 0 Å². The molecule has 5 heteroatoms. The first-order valence-electron chi connectivity index (χ1n) is 4.15. The molecular weight excluding hydrogens is 156 g/mol. The molecule has 0 heterocycles. The van der Waals surface area contributed by atoms with Crippen LogP contribution in [0.15, 0.2) is 0 Å². The SMILES string of the molecule is NCCC[C@@H](N)C(=O)NCCN. The van der Waals surface area contributed by atoms with Crippen LogP contribution in [0.2, 0.25) is 0 Å². The predicted octanol–water partition coefficient (Wildman–Crippen LogP) is -1.87. The quantitative estimate of drug-likeness (QED) is 0.378. The summed E-state index contributed by atoms with van der Waals surface area (Å²) in [4.78, 5) is 11.1. The molecule has 5 nitrogen and oxygen atoms in total. The average Bonchev–Trinajstić information content (AvgIpc) is 2.10. The summed E-state index contributed by atoms with van der Waals surface area (Å²) in [6, 6.07) is -0.444. The molecule has 7 N–H and O–H groups in total. The molecule has 0 bridgehead atoms. The third-order valence-electron chi connectivity index (χ3n) is 1.50. The summed E-state index contributed by atoms with van der Waals surface area (Å²) in [6.45, 7) is 1.49. The van der Waals surface area contributed by atoms with Gasteiger partial charge in [0, 0.05) is 13.1 Å². The molecule has 1 atom stereocenters. The highest BCUT2D eigenvalue weighted by Gasteiger charge is 2.10. The molecule has 0 saturated carbocycles. The Labute approximate surface area is 72.7 Å². The molecule has 0 unspecified atom stereocenters. The number of carbonyl (C=O) groups excluding carboxylic acids is 1. The van der Waals surface area contributed by atoms with Crippen LogP contribution in [-0.4, -0.2) is 31.6 Å². The standard InChI is InChI=1S/C7H18N4O/c8-3-1-2-6(10)7(12)11-5-4-9/h6H,1-5,8-10H2,(H,11,12)/t6-/m1/s1. The number of hydrogen-bond donors (Lipinski definition) is 4. The highest BCUT2D eigenvalue weighted by atomic mass is 16.2. The monoisotopic (exact) mass is 174 g/mol. The molecule has 0 fully saturated rings. The minimum atomic E-state index is -0.444. The van der Waals surface area contributed by atoms with Crippen molar-refractivity contribution >= 4 is 5.91 Å². The summed E-state index contributed by atoms with van der Waals surface area (Å²) in [6.07, 6.45) is 1.41. The third-order valence-corrected chi connectivity index (χ3v) is 1.50. The minimum absolute atomic E-state index is 0.145. The largest absolute Gasteiger partial charge is 0.353 e. The van der Waals surface area contributed by atoms with Crippen molar-refractivity contribution in [3.63, 3.8) is 0 Å². The molecule has 1 amide bonds. The van der Waals surface area contributed by atoms with Gasteiger partial charge >= 0.3 is 0 Å². The van der Waals surface area contributed by atoms with E-state index in [0.29, 0.717) is 26.1 Å². The van der Waals surface area contributed by atoms with E-state index in [1.807, 2.05) is 0 Å². The molecule has 0 aliphatic carbocycles. The minimum Gasteiger partial charge on any atom is -0.353 e. The Balaban J connectivity index is 3.47. The Hall–Kier alpha value is -0.650. The Morgan fingerprint density at radius 2 is 2.00 bits per heavy atom. The van der Waals surface area contributed by atoms with Crippen LogP contribution >= 0.6 is 0 Å². The van der Waals surface area contributed by atoms with Gasteiger partial charge in [-0.25, -0.2) is 0 Å². The normalized spacial score (nSPS) is 12.6. The zero-order chi connectivity index (χ0) is 9.40. The molecule has 0 saturated heterocycles. The Bertz CT molecular complexity index is 129. The first-order chi connectivity index (χ1) is 5.72. The summed E-state index contributed by atoms with van der Waals surface area (Å²) in [5.41, 5.74) is 16.0. The van der Waals surface area contributed by atoms with Crippen LogP contribution in [0.4, 0.5) is 0 Å². The Kier molecular flexibility index (Phi) is 6.64. The molecule has 0 aliphatic heterocycles. The molecule has 12 heavy (non-hydrogen) atoms. The van der Waals surface area contributed by atoms with Crippen molar-refractivity contribution in [1.82, 2.24) is 5.32 Å². The van der Waals surface area contributed by atoms with E-state index in [4.69, 9.17) is 17.2 Å². The van der Waals surface area contributed by atoms with Crippen LogP contribution in [0.3, 0.4) is 0 Å². The van der Waals surface area contributed by atoms with Gasteiger partial charge in [-0.05, 0) is 19.4 Å². The van der Waals surface area contributed by atoms with Gasteiger partial charge in [0.2, 0.25) is 5.91 Å². The van der Waals surface area contributed by atoms with Gasteiger partial charge in [-0.1, -0.05) is 0 Å². The predicted molar refractivity (Wildman–Crippen MR) is 48.3 cm³/mol. The lowest BCUT2D eigenvalue weighted by atomic mass is 10.1. The number of hydrogen-bond acceptors (Lipinski definition) is 4. The van der Waals surface area contributed by atoms with E-state index in [-0.39, 0.29) is 5.91 Å². The number of carbonyl (C=O) groups is 1. The van der Waals surface area contributed by atoms with Crippen LogP contribution in [0.1, 0.15) is 12.8 Å². The zero-order valence-corrected chi connectivity index (χ0v) is 7.25. The van der Waals surface area contributed by atoms with Gasteiger partial charge in [-0.3, -0.25) is 4.79 Å². The van der Waals surface area contributed by atoms with Gasteiger partial charge < -0.3 is 22.5 Å². The van der Waals surface area contributed by atoms with E-state index >= 15 is 0 Å². The smallest absolute Gasteiger partial charge is 0.236 e. The molecule has 0 aromatic rings. The lowest BCUT2D eigenvalue weighted by molar-refractivity contribution is -0.122. The second-order valence-electron chi connectivity index (χ2n) is 2.62. The van der Waals surface area contributed by atoms with Crippen LogP contribution in [0.25, 0.3) is 0 Å². The second kappa shape index (κ2) is 7.02. The summed E-state index contributed by atoms with van der Waals surface area (Å²) in [5, 5.41) is 2.61. The van der Waals surface area contributed by atoms with Crippen molar-refractivity contribution in [3.05, 3.63) is 0 Å². The van der Waals surface area contributed by atoms with E-state index in [2.05, 4.69) is 5.32 Å². The third kappa shape index (κ3) is 5.06. The molecule has 72 valence electrons. The topological polar surface area (TPSA) is 107 Å².